The van der Waals surface area contributed by atoms with Gasteiger partial charge in [0.25, 0.3) is 0 Å². The van der Waals surface area contributed by atoms with Gasteiger partial charge in [-0.2, -0.15) is 13.2 Å². The molecule has 0 atom stereocenters. The van der Waals surface area contributed by atoms with Gasteiger partial charge in [-0.1, -0.05) is 0 Å². The Bertz CT molecular complexity index is 378. The Labute approximate surface area is 100 Å². The summed E-state index contributed by atoms with van der Waals surface area (Å²) in [5.41, 5.74) is -0.785. The molecule has 0 spiro atoms. The monoisotopic (exact) mass is 265 g/mol. The minimum Gasteiger partial charge on any atom is -0.481 e. The number of halogens is 3. The average molecular weight is 265 g/mol. The number of carboxylic acid groups (broad SMARTS) is 1. The normalized spacial score (nSPS) is 11.5. The molecule has 0 unspecified atom stereocenters. The van der Waals surface area contributed by atoms with Crippen LogP contribution in [0.2, 0.25) is 0 Å². The van der Waals surface area contributed by atoms with Crippen molar-refractivity contribution in [2.24, 2.45) is 0 Å². The zero-order valence-corrected chi connectivity index (χ0v) is 9.51. The first kappa shape index (κ1) is 13.8. The average Bonchev–Trinajstić information content (AvgIpc) is 2.23. The number of hydrogen-bond acceptors (Lipinski definition) is 3. The quantitative estimate of drug-likeness (QED) is 0.656. The number of carbonyl (C=O) groups is 1. The van der Waals surface area contributed by atoms with Crippen LogP contribution in [0.1, 0.15) is 18.4 Å². The molecule has 0 saturated carbocycles. The van der Waals surface area contributed by atoms with Crippen LogP contribution in [0, 0.1) is 0 Å². The predicted octanol–water partition coefficient (Wildman–Crippen LogP) is 3.06. The van der Waals surface area contributed by atoms with Gasteiger partial charge in [0.2, 0.25) is 0 Å². The molecule has 0 aliphatic heterocycles. The first-order chi connectivity index (χ1) is 7.89. The minimum atomic E-state index is -4.38. The summed E-state index contributed by atoms with van der Waals surface area (Å²) in [5.74, 6) is -0.365. The summed E-state index contributed by atoms with van der Waals surface area (Å²) in [7, 11) is 0. The van der Waals surface area contributed by atoms with Gasteiger partial charge in [0.05, 0.1) is 10.6 Å². The van der Waals surface area contributed by atoms with Gasteiger partial charge >= 0.3 is 12.1 Å². The van der Waals surface area contributed by atoms with Crippen LogP contribution in [0.5, 0.6) is 0 Å². The van der Waals surface area contributed by atoms with E-state index in [2.05, 4.69) is 4.98 Å². The van der Waals surface area contributed by atoms with E-state index in [1.54, 1.807) is 0 Å². The van der Waals surface area contributed by atoms with Gasteiger partial charge in [0, 0.05) is 18.4 Å². The molecule has 0 amide bonds. The maximum atomic E-state index is 12.2. The van der Waals surface area contributed by atoms with Crippen LogP contribution in [-0.4, -0.2) is 21.8 Å². The molecule has 1 N–H and O–H groups in total. The highest BCUT2D eigenvalue weighted by molar-refractivity contribution is 7.99. The first-order valence-electron chi connectivity index (χ1n) is 4.77. The van der Waals surface area contributed by atoms with Gasteiger partial charge in [-0.05, 0) is 18.6 Å². The second-order valence-electron chi connectivity index (χ2n) is 3.23. The summed E-state index contributed by atoms with van der Waals surface area (Å²) >= 11 is 1.24. The second kappa shape index (κ2) is 5.90. The van der Waals surface area contributed by atoms with Gasteiger partial charge in [-0.3, -0.25) is 4.79 Å². The van der Waals surface area contributed by atoms with E-state index in [9.17, 15) is 18.0 Å². The standard InChI is InChI=1S/C10H10F3NO2S/c11-10(12,13)7-3-4-8(14-6-7)17-5-1-2-9(15)16/h3-4,6H,1-2,5H2,(H,15,16). The number of thioether (sulfide) groups is 1. The Morgan fingerprint density at radius 2 is 2.12 bits per heavy atom. The minimum absolute atomic E-state index is 0.0492. The van der Waals surface area contributed by atoms with Crippen molar-refractivity contribution in [3.63, 3.8) is 0 Å². The lowest BCUT2D eigenvalue weighted by Crippen LogP contribution is -2.05. The predicted molar refractivity (Wildman–Crippen MR) is 56.8 cm³/mol. The van der Waals surface area contributed by atoms with E-state index in [1.807, 2.05) is 0 Å². The largest absolute Gasteiger partial charge is 0.481 e. The maximum absolute atomic E-state index is 12.2. The molecule has 0 aliphatic carbocycles. The number of pyridine rings is 1. The van der Waals surface area contributed by atoms with Gasteiger partial charge < -0.3 is 5.11 Å². The summed E-state index contributed by atoms with van der Waals surface area (Å²) in [6.45, 7) is 0. The topological polar surface area (TPSA) is 50.2 Å². The van der Waals surface area contributed by atoms with Crippen molar-refractivity contribution in [1.29, 1.82) is 0 Å². The van der Waals surface area contributed by atoms with E-state index in [-0.39, 0.29) is 6.42 Å². The Kier molecular flexibility index (Phi) is 4.80. The number of alkyl halides is 3. The fraction of sp³-hybridized carbons (Fsp3) is 0.400. The van der Waals surface area contributed by atoms with Crippen molar-refractivity contribution in [2.45, 2.75) is 24.0 Å². The van der Waals surface area contributed by atoms with E-state index < -0.39 is 17.7 Å². The molecule has 94 valence electrons. The first-order valence-corrected chi connectivity index (χ1v) is 5.76. The third-order valence-corrected chi connectivity index (χ3v) is 2.88. The molecule has 1 rings (SSSR count). The zero-order valence-electron chi connectivity index (χ0n) is 8.70. The van der Waals surface area contributed by atoms with Crippen LogP contribution in [0.25, 0.3) is 0 Å². The fourth-order valence-corrected chi connectivity index (χ4v) is 1.82. The molecule has 0 aromatic carbocycles. The summed E-state index contributed by atoms with van der Waals surface area (Å²) < 4.78 is 36.6. The molecular formula is C10H10F3NO2S. The van der Waals surface area contributed by atoms with Crippen molar-refractivity contribution in [1.82, 2.24) is 4.98 Å². The van der Waals surface area contributed by atoms with Crippen LogP contribution in [-0.2, 0) is 11.0 Å². The molecule has 1 aromatic heterocycles. The molecule has 0 saturated heterocycles. The molecule has 0 fully saturated rings. The van der Waals surface area contributed by atoms with Crippen molar-refractivity contribution < 1.29 is 23.1 Å². The molecule has 1 aromatic rings. The lowest BCUT2D eigenvalue weighted by molar-refractivity contribution is -0.138. The Hall–Kier alpha value is -1.24. The Morgan fingerprint density at radius 3 is 2.59 bits per heavy atom. The van der Waals surface area contributed by atoms with Crippen molar-refractivity contribution >= 4 is 17.7 Å². The van der Waals surface area contributed by atoms with Gasteiger partial charge in [-0.25, -0.2) is 4.98 Å². The highest BCUT2D eigenvalue weighted by Gasteiger charge is 2.30. The van der Waals surface area contributed by atoms with Crippen LogP contribution in [0.4, 0.5) is 13.2 Å². The van der Waals surface area contributed by atoms with E-state index >= 15 is 0 Å². The van der Waals surface area contributed by atoms with Crippen LogP contribution in [0.15, 0.2) is 23.4 Å². The van der Waals surface area contributed by atoms with Gasteiger partial charge in [-0.15, -0.1) is 11.8 Å². The molecule has 0 aliphatic rings. The lowest BCUT2D eigenvalue weighted by Gasteiger charge is -2.06. The molecule has 7 heteroatoms. The zero-order chi connectivity index (χ0) is 12.9. The fourth-order valence-electron chi connectivity index (χ4n) is 1.03. The van der Waals surface area contributed by atoms with E-state index in [1.165, 1.54) is 17.8 Å². The van der Waals surface area contributed by atoms with Gasteiger partial charge in [0.1, 0.15) is 0 Å². The number of nitrogens with zero attached hydrogens (tertiary/aromatic N) is 1. The Morgan fingerprint density at radius 1 is 1.41 bits per heavy atom. The van der Waals surface area contributed by atoms with Crippen molar-refractivity contribution in [2.75, 3.05) is 5.75 Å². The molecule has 17 heavy (non-hydrogen) atoms. The number of aromatic nitrogens is 1. The molecule has 3 nitrogen and oxygen atoms in total. The summed E-state index contributed by atoms with van der Waals surface area (Å²) in [6.07, 6.45) is -3.09. The Balaban J connectivity index is 2.43. The third kappa shape index (κ3) is 5.08. The third-order valence-electron chi connectivity index (χ3n) is 1.85. The second-order valence-corrected chi connectivity index (χ2v) is 4.34. The SMILES string of the molecule is O=C(O)CCCSc1ccc(C(F)(F)F)cn1. The van der Waals surface area contributed by atoms with Crippen LogP contribution >= 0.6 is 11.8 Å². The van der Waals surface area contributed by atoms with Crippen molar-refractivity contribution in [3.05, 3.63) is 23.9 Å². The van der Waals surface area contributed by atoms with E-state index in [0.29, 0.717) is 17.2 Å². The molecule has 1 heterocycles. The summed E-state index contributed by atoms with van der Waals surface area (Å²) in [6, 6.07) is 2.25. The molecule has 0 radical (unpaired) electrons. The van der Waals surface area contributed by atoms with Gasteiger partial charge in [0.15, 0.2) is 0 Å². The highest BCUT2D eigenvalue weighted by atomic mass is 32.2. The molecule has 0 bridgehead atoms. The van der Waals surface area contributed by atoms with E-state index in [0.717, 1.165) is 12.3 Å². The number of carboxylic acids is 1. The number of aliphatic carboxylic acids is 1. The van der Waals surface area contributed by atoms with Crippen LogP contribution in [0.3, 0.4) is 0 Å². The number of hydrogen-bond donors (Lipinski definition) is 1. The number of rotatable bonds is 5. The van der Waals surface area contributed by atoms with E-state index in [4.69, 9.17) is 5.11 Å². The summed E-state index contributed by atoms with van der Waals surface area (Å²) in [4.78, 5) is 13.9. The van der Waals surface area contributed by atoms with Crippen molar-refractivity contribution in [3.8, 4) is 0 Å². The highest BCUT2D eigenvalue weighted by Crippen LogP contribution is 2.29. The smallest absolute Gasteiger partial charge is 0.417 e. The molecular weight excluding hydrogens is 255 g/mol. The summed E-state index contributed by atoms with van der Waals surface area (Å²) in [5, 5.41) is 8.85. The lowest BCUT2D eigenvalue weighted by atomic mass is 10.3. The maximum Gasteiger partial charge on any atom is 0.417 e. The van der Waals surface area contributed by atoms with Crippen LogP contribution < -0.4 is 0 Å².